The Morgan fingerprint density at radius 1 is 1.17 bits per heavy atom. The standard InChI is InChI=1S/C22H35N7.HI/c1-4-23-22(25-15-21-26-17-27-29(21)3)24-14-18-10-8-9-11-19(18)16-28(2)20-12-6-5-7-13-20;/h8-11,17,20H,4-7,12-16H2,1-3H3,(H2,23,24,25);1H. The van der Waals surface area contributed by atoms with Gasteiger partial charge in [-0.05, 0) is 37.9 Å². The SMILES string of the molecule is CCNC(=NCc1ccccc1CN(C)C1CCCCC1)NCc1ncnn1C.I. The van der Waals surface area contributed by atoms with Gasteiger partial charge < -0.3 is 10.6 Å². The van der Waals surface area contributed by atoms with Crippen LogP contribution in [0.3, 0.4) is 0 Å². The summed E-state index contributed by atoms with van der Waals surface area (Å²) in [6, 6.07) is 9.39. The monoisotopic (exact) mass is 525 g/mol. The maximum absolute atomic E-state index is 4.81. The third-order valence-corrected chi connectivity index (χ3v) is 5.71. The van der Waals surface area contributed by atoms with Crippen molar-refractivity contribution < 1.29 is 0 Å². The van der Waals surface area contributed by atoms with Gasteiger partial charge in [-0.25, -0.2) is 9.98 Å². The molecule has 2 aromatic rings. The second-order valence-corrected chi connectivity index (χ2v) is 7.82. The molecule has 0 saturated heterocycles. The van der Waals surface area contributed by atoms with Crippen molar-refractivity contribution in [3.8, 4) is 0 Å². The Labute approximate surface area is 197 Å². The van der Waals surface area contributed by atoms with Crippen LogP contribution >= 0.6 is 24.0 Å². The lowest BCUT2D eigenvalue weighted by Gasteiger charge is -2.31. The molecule has 30 heavy (non-hydrogen) atoms. The summed E-state index contributed by atoms with van der Waals surface area (Å²) in [4.78, 5) is 11.6. The van der Waals surface area contributed by atoms with Gasteiger partial charge in [0.1, 0.15) is 12.2 Å². The molecular weight excluding hydrogens is 489 g/mol. The molecule has 0 aliphatic heterocycles. The minimum absolute atomic E-state index is 0. The first-order valence-electron chi connectivity index (χ1n) is 10.8. The molecule has 1 aromatic heterocycles. The molecule has 1 aromatic carbocycles. The number of nitrogens with one attached hydrogen (secondary N) is 2. The highest BCUT2D eigenvalue weighted by Crippen LogP contribution is 2.23. The third kappa shape index (κ3) is 7.23. The Morgan fingerprint density at radius 3 is 2.57 bits per heavy atom. The Hall–Kier alpha value is -1.68. The van der Waals surface area contributed by atoms with Crippen LogP contribution in [0, 0.1) is 0 Å². The van der Waals surface area contributed by atoms with E-state index >= 15 is 0 Å². The van der Waals surface area contributed by atoms with Crippen LogP contribution in [0.4, 0.5) is 0 Å². The predicted molar refractivity (Wildman–Crippen MR) is 133 cm³/mol. The number of rotatable bonds is 8. The van der Waals surface area contributed by atoms with Crippen LogP contribution in [0.15, 0.2) is 35.6 Å². The average molecular weight is 525 g/mol. The van der Waals surface area contributed by atoms with Gasteiger partial charge in [0, 0.05) is 26.2 Å². The fourth-order valence-corrected chi connectivity index (χ4v) is 3.93. The summed E-state index contributed by atoms with van der Waals surface area (Å²) in [6.45, 7) is 5.12. The summed E-state index contributed by atoms with van der Waals surface area (Å²) in [6.07, 6.45) is 8.35. The minimum Gasteiger partial charge on any atom is -0.357 e. The van der Waals surface area contributed by atoms with Crippen LogP contribution in [-0.2, 0) is 26.7 Å². The summed E-state index contributed by atoms with van der Waals surface area (Å²) in [5, 5.41) is 10.8. The first kappa shape index (κ1) is 24.6. The molecule has 3 rings (SSSR count). The van der Waals surface area contributed by atoms with E-state index in [0.29, 0.717) is 19.1 Å². The number of hydrogen-bond acceptors (Lipinski definition) is 4. The summed E-state index contributed by atoms with van der Waals surface area (Å²) in [5.74, 6) is 1.68. The largest absolute Gasteiger partial charge is 0.357 e. The van der Waals surface area contributed by atoms with E-state index in [1.165, 1.54) is 43.2 Å². The summed E-state index contributed by atoms with van der Waals surface area (Å²) < 4.78 is 1.77. The van der Waals surface area contributed by atoms with E-state index in [1.807, 2.05) is 7.05 Å². The second-order valence-electron chi connectivity index (χ2n) is 7.82. The number of aryl methyl sites for hydroxylation is 1. The van der Waals surface area contributed by atoms with Crippen molar-refractivity contribution in [3.63, 3.8) is 0 Å². The van der Waals surface area contributed by atoms with Gasteiger partial charge in [0.2, 0.25) is 0 Å². The average Bonchev–Trinajstić information content (AvgIpc) is 3.16. The molecule has 1 aliphatic rings. The second kappa shape index (κ2) is 12.9. The third-order valence-electron chi connectivity index (χ3n) is 5.71. The Bertz CT molecular complexity index is 783. The fourth-order valence-electron chi connectivity index (χ4n) is 3.93. The van der Waals surface area contributed by atoms with Gasteiger partial charge in [-0.2, -0.15) is 5.10 Å². The number of guanidine groups is 1. The van der Waals surface area contributed by atoms with E-state index in [-0.39, 0.29) is 24.0 Å². The van der Waals surface area contributed by atoms with E-state index in [9.17, 15) is 0 Å². The molecule has 1 fully saturated rings. The highest BCUT2D eigenvalue weighted by atomic mass is 127. The normalized spacial score (nSPS) is 15.1. The van der Waals surface area contributed by atoms with E-state index in [1.54, 1.807) is 11.0 Å². The van der Waals surface area contributed by atoms with Crippen molar-refractivity contribution in [3.05, 3.63) is 47.5 Å². The Balaban J connectivity index is 0.00000320. The molecule has 2 N–H and O–H groups in total. The lowest BCUT2D eigenvalue weighted by atomic mass is 9.94. The van der Waals surface area contributed by atoms with Gasteiger partial charge in [0.15, 0.2) is 5.96 Å². The van der Waals surface area contributed by atoms with Crippen LogP contribution in [0.2, 0.25) is 0 Å². The van der Waals surface area contributed by atoms with E-state index in [0.717, 1.165) is 24.9 Å². The molecular formula is C22H36IN7. The molecule has 1 saturated carbocycles. The van der Waals surface area contributed by atoms with E-state index < -0.39 is 0 Å². The molecule has 1 heterocycles. The predicted octanol–water partition coefficient (Wildman–Crippen LogP) is 3.45. The first-order valence-corrected chi connectivity index (χ1v) is 10.8. The van der Waals surface area contributed by atoms with Gasteiger partial charge >= 0.3 is 0 Å². The topological polar surface area (TPSA) is 70.4 Å². The van der Waals surface area contributed by atoms with E-state index in [2.05, 4.69) is 63.9 Å². The van der Waals surface area contributed by atoms with Gasteiger partial charge in [-0.15, -0.1) is 24.0 Å². The first-order chi connectivity index (χ1) is 14.2. The summed E-state index contributed by atoms with van der Waals surface area (Å²) in [7, 11) is 4.16. The molecule has 1 aliphatic carbocycles. The van der Waals surface area contributed by atoms with Gasteiger partial charge in [0.25, 0.3) is 0 Å². The van der Waals surface area contributed by atoms with Crippen molar-refractivity contribution in [2.45, 2.75) is 64.7 Å². The lowest BCUT2D eigenvalue weighted by molar-refractivity contribution is 0.184. The molecule has 0 amide bonds. The van der Waals surface area contributed by atoms with Gasteiger partial charge in [-0.1, -0.05) is 43.5 Å². The van der Waals surface area contributed by atoms with Crippen molar-refractivity contribution >= 4 is 29.9 Å². The zero-order valence-corrected chi connectivity index (χ0v) is 20.8. The van der Waals surface area contributed by atoms with Crippen LogP contribution in [0.5, 0.6) is 0 Å². The molecule has 0 bridgehead atoms. The maximum Gasteiger partial charge on any atom is 0.191 e. The quantitative estimate of drug-likeness (QED) is 0.314. The fraction of sp³-hybridized carbons (Fsp3) is 0.591. The number of hydrogen-bond donors (Lipinski definition) is 2. The van der Waals surface area contributed by atoms with Crippen LogP contribution in [0.1, 0.15) is 56.0 Å². The number of halogens is 1. The van der Waals surface area contributed by atoms with Crippen molar-refractivity contribution in [2.75, 3.05) is 13.6 Å². The van der Waals surface area contributed by atoms with E-state index in [4.69, 9.17) is 4.99 Å². The minimum atomic E-state index is 0. The summed E-state index contributed by atoms with van der Waals surface area (Å²) in [5.41, 5.74) is 2.65. The molecule has 7 nitrogen and oxygen atoms in total. The molecule has 0 radical (unpaired) electrons. The van der Waals surface area contributed by atoms with Gasteiger partial charge in [-0.3, -0.25) is 9.58 Å². The van der Waals surface area contributed by atoms with Crippen molar-refractivity contribution in [1.29, 1.82) is 0 Å². The molecule has 166 valence electrons. The number of aromatic nitrogens is 3. The smallest absolute Gasteiger partial charge is 0.191 e. The zero-order chi connectivity index (χ0) is 20.5. The molecule has 8 heteroatoms. The van der Waals surface area contributed by atoms with Gasteiger partial charge in [0.05, 0.1) is 13.1 Å². The number of nitrogens with zero attached hydrogens (tertiary/aromatic N) is 5. The molecule has 0 spiro atoms. The van der Waals surface area contributed by atoms with Crippen molar-refractivity contribution in [2.24, 2.45) is 12.0 Å². The Kier molecular flexibility index (Phi) is 10.6. The zero-order valence-electron chi connectivity index (χ0n) is 18.5. The number of benzene rings is 1. The maximum atomic E-state index is 4.81. The molecule has 0 unspecified atom stereocenters. The van der Waals surface area contributed by atoms with Crippen molar-refractivity contribution in [1.82, 2.24) is 30.3 Å². The van der Waals surface area contributed by atoms with Crippen LogP contribution in [-0.4, -0.2) is 45.3 Å². The highest BCUT2D eigenvalue weighted by molar-refractivity contribution is 14.0. The van der Waals surface area contributed by atoms with Crippen LogP contribution in [0.25, 0.3) is 0 Å². The highest BCUT2D eigenvalue weighted by Gasteiger charge is 2.18. The molecule has 0 atom stereocenters. The Morgan fingerprint density at radius 2 is 1.90 bits per heavy atom. The lowest BCUT2D eigenvalue weighted by Crippen LogP contribution is -2.37. The number of aliphatic imine (C=N–C) groups is 1. The summed E-state index contributed by atoms with van der Waals surface area (Å²) >= 11 is 0. The van der Waals surface area contributed by atoms with Crippen LogP contribution < -0.4 is 10.6 Å².